The first-order valence-corrected chi connectivity index (χ1v) is 7.97. The third-order valence-electron chi connectivity index (χ3n) is 4.99. The maximum absolute atomic E-state index is 2.38. The van der Waals surface area contributed by atoms with Gasteiger partial charge in [0.1, 0.15) is 0 Å². The van der Waals surface area contributed by atoms with E-state index in [1.807, 2.05) is 0 Å². The van der Waals surface area contributed by atoms with Crippen LogP contribution in [-0.4, -0.2) is 31.2 Å². The van der Waals surface area contributed by atoms with Crippen molar-refractivity contribution in [3.05, 3.63) is 71.8 Å². The second-order valence-corrected chi connectivity index (χ2v) is 6.55. The summed E-state index contributed by atoms with van der Waals surface area (Å²) in [6, 6.07) is 22.5. The van der Waals surface area contributed by atoms with Crippen LogP contribution in [0.3, 0.4) is 0 Å². The Morgan fingerprint density at radius 3 is 1.59 bits per heavy atom. The number of hydrogen-bond donors (Lipinski definition) is 0. The zero-order valence-corrected chi connectivity index (χ0v) is 15.8. The van der Waals surface area contributed by atoms with Crippen LogP contribution in [0.4, 0.5) is 0 Å². The molecule has 0 aliphatic heterocycles. The fourth-order valence-corrected chi connectivity index (χ4v) is 2.77. The summed E-state index contributed by atoms with van der Waals surface area (Å²) in [6.07, 6.45) is 1.18. The second-order valence-electron chi connectivity index (χ2n) is 6.55. The minimum atomic E-state index is 0. The molecule has 2 heteroatoms. The Morgan fingerprint density at radius 1 is 0.818 bits per heavy atom. The highest BCUT2D eigenvalue weighted by Gasteiger charge is 2.26. The van der Waals surface area contributed by atoms with Crippen molar-refractivity contribution < 1.29 is 21.5 Å². The van der Waals surface area contributed by atoms with Crippen molar-refractivity contribution in [2.24, 2.45) is 0 Å². The lowest BCUT2D eigenvalue weighted by atomic mass is 9.85. The van der Waals surface area contributed by atoms with Gasteiger partial charge >= 0.3 is 0 Å². The van der Waals surface area contributed by atoms with Gasteiger partial charge < -0.3 is 21.5 Å². The van der Waals surface area contributed by atoms with Gasteiger partial charge in [0.05, 0.1) is 26.7 Å². The molecule has 120 valence electrons. The molecule has 0 heterocycles. The lowest BCUT2D eigenvalue weighted by Gasteiger charge is -2.37. The molecule has 0 bridgehead atoms. The highest BCUT2D eigenvalue weighted by Crippen LogP contribution is 2.31. The molecule has 1 atom stereocenters. The predicted molar refractivity (Wildman–Crippen MR) is 91.5 cm³/mol. The average Bonchev–Trinajstić information content (AvgIpc) is 2.54. The van der Waals surface area contributed by atoms with Crippen LogP contribution in [0.15, 0.2) is 60.7 Å². The summed E-state index contributed by atoms with van der Waals surface area (Å²) < 4.78 is 1.07. The Hall–Kier alpha value is -1.12. The predicted octanol–water partition coefficient (Wildman–Crippen LogP) is 1.70. The van der Waals surface area contributed by atoms with E-state index in [0.29, 0.717) is 12.0 Å². The topological polar surface area (TPSA) is 0 Å². The second kappa shape index (κ2) is 8.50. The van der Waals surface area contributed by atoms with E-state index in [1.54, 1.807) is 0 Å². The summed E-state index contributed by atoms with van der Waals surface area (Å²) in [5, 5.41) is 0. The molecular weight excluding hydrogens is 334 g/mol. The highest BCUT2D eigenvalue weighted by atomic mass is 79.9. The summed E-state index contributed by atoms with van der Waals surface area (Å²) in [5.74, 6) is 0.478. The molecule has 0 N–H and O–H groups in total. The molecule has 0 spiro atoms. The van der Waals surface area contributed by atoms with Crippen LogP contribution in [0.25, 0.3) is 0 Å². The highest BCUT2D eigenvalue weighted by molar-refractivity contribution is 5.32. The molecule has 2 aromatic rings. The van der Waals surface area contributed by atoms with Gasteiger partial charge in [-0.05, 0) is 25.0 Å². The monoisotopic (exact) mass is 361 g/mol. The van der Waals surface area contributed by atoms with E-state index < -0.39 is 0 Å². The lowest BCUT2D eigenvalue weighted by Crippen LogP contribution is -3.00. The summed E-state index contributed by atoms with van der Waals surface area (Å²) in [5.41, 5.74) is 2.85. The van der Waals surface area contributed by atoms with Crippen molar-refractivity contribution in [1.29, 1.82) is 0 Å². The maximum atomic E-state index is 2.38. The van der Waals surface area contributed by atoms with Crippen LogP contribution in [0.2, 0.25) is 0 Å². The lowest BCUT2D eigenvalue weighted by molar-refractivity contribution is -0.911. The van der Waals surface area contributed by atoms with Gasteiger partial charge in [-0.15, -0.1) is 0 Å². The molecule has 0 unspecified atom stereocenters. The zero-order valence-electron chi connectivity index (χ0n) is 14.2. The van der Waals surface area contributed by atoms with Crippen LogP contribution >= 0.6 is 0 Å². The fourth-order valence-electron chi connectivity index (χ4n) is 2.77. The van der Waals surface area contributed by atoms with Gasteiger partial charge in [0.25, 0.3) is 0 Å². The normalized spacial score (nSPS) is 12.8. The number of quaternary nitrogens is 1. The Morgan fingerprint density at radius 2 is 1.23 bits per heavy atom. The van der Waals surface area contributed by atoms with Gasteiger partial charge in [0.15, 0.2) is 0 Å². The minimum Gasteiger partial charge on any atom is -1.00 e. The minimum absolute atomic E-state index is 0. The number of rotatable bonds is 6. The molecule has 0 fully saturated rings. The van der Waals surface area contributed by atoms with Crippen molar-refractivity contribution >= 4 is 0 Å². The fraction of sp³-hybridized carbons (Fsp3) is 0.400. The van der Waals surface area contributed by atoms with Gasteiger partial charge in [-0.1, -0.05) is 60.7 Å². The third kappa shape index (κ3) is 4.69. The number of nitrogens with zero attached hydrogens (tertiary/aromatic N) is 1. The quantitative estimate of drug-likeness (QED) is 0.687. The Labute approximate surface area is 146 Å². The molecule has 0 amide bonds. The van der Waals surface area contributed by atoms with Crippen LogP contribution in [0.5, 0.6) is 0 Å². The molecule has 2 rings (SSSR count). The van der Waals surface area contributed by atoms with E-state index in [9.17, 15) is 0 Å². The molecule has 1 nitrogen and oxygen atoms in total. The SMILES string of the molecule is CC[N+](C)(C)[C@@H](C)CC(c1ccccc1)c1ccccc1.[Br-]. The number of halogens is 1. The molecule has 2 aromatic carbocycles. The van der Waals surface area contributed by atoms with Crippen LogP contribution < -0.4 is 17.0 Å². The first-order valence-electron chi connectivity index (χ1n) is 7.97. The van der Waals surface area contributed by atoms with Gasteiger partial charge in [0.2, 0.25) is 0 Å². The van der Waals surface area contributed by atoms with E-state index in [2.05, 4.69) is 88.6 Å². The molecule has 0 aliphatic rings. The van der Waals surface area contributed by atoms with Gasteiger partial charge in [-0.2, -0.15) is 0 Å². The Kier molecular flexibility index (Phi) is 7.31. The summed E-state index contributed by atoms with van der Waals surface area (Å²) in [7, 11) is 4.66. The maximum Gasteiger partial charge on any atom is 0.0866 e. The van der Waals surface area contributed by atoms with Crippen molar-refractivity contribution in [2.45, 2.75) is 32.2 Å². The van der Waals surface area contributed by atoms with Crippen molar-refractivity contribution in [1.82, 2.24) is 0 Å². The first kappa shape index (κ1) is 18.9. The standard InChI is InChI=1S/C20H28N.BrH/c1-5-21(3,4)17(2)16-20(18-12-8-6-9-13-18)19-14-10-7-11-15-19;/h6-15,17,20H,5,16H2,1-4H3;1H/q+1;/p-1/t17-;/m0./s1. The summed E-state index contributed by atoms with van der Waals surface area (Å²) >= 11 is 0. The van der Waals surface area contributed by atoms with E-state index in [0.717, 1.165) is 11.0 Å². The first-order chi connectivity index (χ1) is 10.0. The molecule has 0 radical (unpaired) electrons. The van der Waals surface area contributed by atoms with Crippen molar-refractivity contribution in [3.8, 4) is 0 Å². The largest absolute Gasteiger partial charge is 1.00 e. The van der Waals surface area contributed by atoms with Gasteiger partial charge in [0, 0.05) is 12.3 Å². The van der Waals surface area contributed by atoms with Crippen LogP contribution in [-0.2, 0) is 0 Å². The summed E-state index contributed by atoms with van der Waals surface area (Å²) in [6.45, 7) is 5.82. The molecule has 0 saturated heterocycles. The Bertz CT molecular complexity index is 497. The van der Waals surface area contributed by atoms with Gasteiger partial charge in [-0.25, -0.2) is 0 Å². The van der Waals surface area contributed by atoms with E-state index in [1.165, 1.54) is 17.5 Å². The molecule has 0 aromatic heterocycles. The van der Waals surface area contributed by atoms with Crippen molar-refractivity contribution in [3.63, 3.8) is 0 Å². The van der Waals surface area contributed by atoms with Crippen LogP contribution in [0.1, 0.15) is 37.3 Å². The van der Waals surface area contributed by atoms with Gasteiger partial charge in [-0.3, -0.25) is 0 Å². The van der Waals surface area contributed by atoms with E-state index >= 15 is 0 Å². The third-order valence-corrected chi connectivity index (χ3v) is 4.99. The van der Waals surface area contributed by atoms with Crippen LogP contribution in [0, 0.1) is 0 Å². The average molecular weight is 362 g/mol. The smallest absolute Gasteiger partial charge is 0.0866 e. The Balaban J connectivity index is 0.00000242. The molecule has 0 saturated carbocycles. The van der Waals surface area contributed by atoms with E-state index in [-0.39, 0.29) is 17.0 Å². The molecular formula is C20H28BrN. The van der Waals surface area contributed by atoms with Crippen molar-refractivity contribution in [2.75, 3.05) is 20.6 Å². The number of hydrogen-bond acceptors (Lipinski definition) is 0. The molecule has 22 heavy (non-hydrogen) atoms. The number of benzene rings is 2. The zero-order chi connectivity index (χ0) is 15.3. The molecule has 0 aliphatic carbocycles. The summed E-state index contributed by atoms with van der Waals surface area (Å²) in [4.78, 5) is 0. The van der Waals surface area contributed by atoms with E-state index in [4.69, 9.17) is 0 Å².